The minimum atomic E-state index is -0.856. The van der Waals surface area contributed by atoms with Gasteiger partial charge in [-0.05, 0) is 24.5 Å². The molecule has 0 aliphatic heterocycles. The largest absolute Gasteiger partial charge is 0.481 e. The van der Waals surface area contributed by atoms with E-state index in [1.165, 1.54) is 6.26 Å². The van der Waals surface area contributed by atoms with Crippen LogP contribution in [0.4, 0.5) is 0 Å². The molecule has 1 fully saturated rings. The molecule has 2 aromatic rings. The van der Waals surface area contributed by atoms with Crippen LogP contribution in [0.15, 0.2) is 47.1 Å². The Labute approximate surface area is 121 Å². The molecule has 0 unspecified atom stereocenters. The highest BCUT2D eigenvalue weighted by Crippen LogP contribution is 2.45. The van der Waals surface area contributed by atoms with E-state index < -0.39 is 11.4 Å². The SMILES string of the molecule is O=C(NCC1(C(=O)O)CC1)c1occc1-c1ccccc1. The van der Waals surface area contributed by atoms with Gasteiger partial charge in [-0.3, -0.25) is 9.59 Å². The fraction of sp³-hybridized carbons (Fsp3) is 0.250. The van der Waals surface area contributed by atoms with Crippen LogP contribution in [-0.4, -0.2) is 23.5 Å². The number of rotatable bonds is 5. The van der Waals surface area contributed by atoms with Crippen LogP contribution in [0.1, 0.15) is 23.4 Å². The number of carbonyl (C=O) groups is 2. The molecule has 1 amide bonds. The van der Waals surface area contributed by atoms with Gasteiger partial charge in [-0.1, -0.05) is 30.3 Å². The molecule has 0 bridgehead atoms. The molecular weight excluding hydrogens is 270 g/mol. The highest BCUT2D eigenvalue weighted by molar-refractivity contribution is 5.98. The molecule has 108 valence electrons. The van der Waals surface area contributed by atoms with Crippen LogP contribution in [0.2, 0.25) is 0 Å². The Kier molecular flexibility index (Phi) is 3.25. The summed E-state index contributed by atoms with van der Waals surface area (Å²) in [7, 11) is 0. The first-order valence-corrected chi connectivity index (χ1v) is 6.77. The van der Waals surface area contributed by atoms with Gasteiger partial charge in [0.25, 0.3) is 5.91 Å². The quantitative estimate of drug-likeness (QED) is 0.884. The fourth-order valence-corrected chi connectivity index (χ4v) is 2.28. The Morgan fingerprint density at radius 2 is 1.90 bits per heavy atom. The zero-order valence-corrected chi connectivity index (χ0v) is 11.3. The van der Waals surface area contributed by atoms with Crippen molar-refractivity contribution in [2.75, 3.05) is 6.54 Å². The van der Waals surface area contributed by atoms with E-state index in [0.717, 1.165) is 5.56 Å². The van der Waals surface area contributed by atoms with Gasteiger partial charge in [-0.25, -0.2) is 0 Å². The van der Waals surface area contributed by atoms with Crippen LogP contribution in [0.3, 0.4) is 0 Å². The van der Waals surface area contributed by atoms with Crippen molar-refractivity contribution in [1.82, 2.24) is 5.32 Å². The van der Waals surface area contributed by atoms with Gasteiger partial charge in [-0.2, -0.15) is 0 Å². The number of hydrogen-bond donors (Lipinski definition) is 2. The Morgan fingerprint density at radius 1 is 1.19 bits per heavy atom. The van der Waals surface area contributed by atoms with Crippen molar-refractivity contribution < 1.29 is 19.1 Å². The molecule has 0 radical (unpaired) electrons. The fourth-order valence-electron chi connectivity index (χ4n) is 2.28. The van der Waals surface area contributed by atoms with E-state index in [1.807, 2.05) is 30.3 Å². The van der Waals surface area contributed by atoms with Crippen LogP contribution < -0.4 is 5.32 Å². The molecule has 1 heterocycles. The maximum Gasteiger partial charge on any atom is 0.311 e. The van der Waals surface area contributed by atoms with E-state index in [0.29, 0.717) is 18.4 Å². The molecule has 5 heteroatoms. The van der Waals surface area contributed by atoms with Crippen LogP contribution in [0, 0.1) is 5.41 Å². The minimum Gasteiger partial charge on any atom is -0.481 e. The predicted molar refractivity (Wildman–Crippen MR) is 75.8 cm³/mol. The number of nitrogens with one attached hydrogen (secondary N) is 1. The lowest BCUT2D eigenvalue weighted by atomic mass is 10.1. The maximum absolute atomic E-state index is 12.2. The zero-order valence-electron chi connectivity index (χ0n) is 11.3. The molecule has 3 rings (SSSR count). The summed E-state index contributed by atoms with van der Waals surface area (Å²) in [6, 6.07) is 11.2. The van der Waals surface area contributed by atoms with Crippen LogP contribution in [0.5, 0.6) is 0 Å². The molecule has 1 saturated carbocycles. The van der Waals surface area contributed by atoms with Crippen molar-refractivity contribution >= 4 is 11.9 Å². The van der Waals surface area contributed by atoms with E-state index in [1.54, 1.807) is 6.07 Å². The summed E-state index contributed by atoms with van der Waals surface area (Å²) in [5, 5.41) is 11.8. The van der Waals surface area contributed by atoms with Crippen molar-refractivity contribution in [1.29, 1.82) is 0 Å². The topological polar surface area (TPSA) is 79.5 Å². The Hall–Kier alpha value is -2.56. The first-order valence-electron chi connectivity index (χ1n) is 6.77. The van der Waals surface area contributed by atoms with E-state index >= 15 is 0 Å². The lowest BCUT2D eigenvalue weighted by Gasteiger charge is -2.10. The number of amides is 1. The van der Waals surface area contributed by atoms with Gasteiger partial charge < -0.3 is 14.8 Å². The van der Waals surface area contributed by atoms with Gasteiger partial charge in [0.15, 0.2) is 5.76 Å². The molecule has 2 N–H and O–H groups in total. The van der Waals surface area contributed by atoms with Crippen LogP contribution in [-0.2, 0) is 4.79 Å². The number of carboxylic acid groups (broad SMARTS) is 1. The maximum atomic E-state index is 12.2. The summed E-state index contributed by atoms with van der Waals surface area (Å²) in [6.07, 6.45) is 2.67. The molecule has 1 aromatic heterocycles. The molecule has 1 aliphatic rings. The number of carboxylic acids is 1. The van der Waals surface area contributed by atoms with Crippen molar-refractivity contribution in [2.24, 2.45) is 5.41 Å². The van der Waals surface area contributed by atoms with E-state index in [9.17, 15) is 9.59 Å². The van der Waals surface area contributed by atoms with Crippen LogP contribution in [0.25, 0.3) is 11.1 Å². The standard InChI is InChI=1S/C16H15NO4/c18-14(17-10-16(7-8-16)15(19)20)13-12(6-9-21-13)11-4-2-1-3-5-11/h1-6,9H,7-8,10H2,(H,17,18)(H,19,20). The third-order valence-electron chi connectivity index (χ3n) is 3.85. The monoisotopic (exact) mass is 285 g/mol. The van der Waals surface area contributed by atoms with Gasteiger partial charge in [0.05, 0.1) is 11.7 Å². The number of furan rings is 1. The van der Waals surface area contributed by atoms with Gasteiger partial charge in [-0.15, -0.1) is 0 Å². The lowest BCUT2D eigenvalue weighted by Crippen LogP contribution is -2.34. The smallest absolute Gasteiger partial charge is 0.311 e. The van der Waals surface area contributed by atoms with Gasteiger partial charge in [0, 0.05) is 12.1 Å². The summed E-state index contributed by atoms with van der Waals surface area (Å²) in [5.41, 5.74) is 0.804. The third-order valence-corrected chi connectivity index (χ3v) is 3.85. The van der Waals surface area contributed by atoms with E-state index in [2.05, 4.69) is 5.32 Å². The van der Waals surface area contributed by atoms with Crippen molar-refractivity contribution in [3.8, 4) is 11.1 Å². The van der Waals surface area contributed by atoms with E-state index in [4.69, 9.17) is 9.52 Å². The zero-order chi connectivity index (χ0) is 14.9. The van der Waals surface area contributed by atoms with Crippen molar-refractivity contribution in [2.45, 2.75) is 12.8 Å². The first-order chi connectivity index (χ1) is 10.1. The van der Waals surface area contributed by atoms with E-state index in [-0.39, 0.29) is 18.2 Å². The average Bonchev–Trinajstić information content (AvgIpc) is 3.14. The highest BCUT2D eigenvalue weighted by Gasteiger charge is 2.50. The molecule has 1 aromatic carbocycles. The van der Waals surface area contributed by atoms with Gasteiger partial charge >= 0.3 is 5.97 Å². The first kappa shape index (κ1) is 13.4. The summed E-state index contributed by atoms with van der Waals surface area (Å²) < 4.78 is 5.27. The Balaban J connectivity index is 1.75. The third kappa shape index (κ3) is 2.54. The number of benzene rings is 1. The normalized spacial score (nSPS) is 15.4. The number of hydrogen-bond acceptors (Lipinski definition) is 3. The Bertz CT molecular complexity index is 671. The summed E-state index contributed by atoms with van der Waals surface area (Å²) in [5.74, 6) is -1.03. The molecule has 21 heavy (non-hydrogen) atoms. The molecule has 0 saturated heterocycles. The number of aliphatic carboxylic acids is 1. The highest BCUT2D eigenvalue weighted by atomic mass is 16.4. The summed E-state index contributed by atoms with van der Waals surface area (Å²) in [6.45, 7) is 0.135. The molecular formula is C16H15NO4. The predicted octanol–water partition coefficient (Wildman–Crippen LogP) is 2.54. The van der Waals surface area contributed by atoms with Crippen molar-refractivity contribution in [3.05, 3.63) is 48.4 Å². The second kappa shape index (κ2) is 5.09. The second-order valence-electron chi connectivity index (χ2n) is 5.30. The molecule has 0 atom stereocenters. The molecule has 0 spiro atoms. The molecule has 1 aliphatic carbocycles. The second-order valence-corrected chi connectivity index (χ2v) is 5.30. The number of carbonyl (C=O) groups excluding carboxylic acids is 1. The molecule has 5 nitrogen and oxygen atoms in total. The summed E-state index contributed by atoms with van der Waals surface area (Å²) in [4.78, 5) is 23.3. The van der Waals surface area contributed by atoms with Crippen LogP contribution >= 0.6 is 0 Å². The lowest BCUT2D eigenvalue weighted by molar-refractivity contribution is -0.143. The Morgan fingerprint density at radius 3 is 2.52 bits per heavy atom. The van der Waals surface area contributed by atoms with Gasteiger partial charge in [0.2, 0.25) is 0 Å². The minimum absolute atomic E-state index is 0.135. The average molecular weight is 285 g/mol. The van der Waals surface area contributed by atoms with Crippen molar-refractivity contribution in [3.63, 3.8) is 0 Å². The van der Waals surface area contributed by atoms with Gasteiger partial charge in [0.1, 0.15) is 0 Å². The summed E-state index contributed by atoms with van der Waals surface area (Å²) >= 11 is 0.